The zero-order valence-electron chi connectivity index (χ0n) is 22.1. The van der Waals surface area contributed by atoms with Crippen molar-refractivity contribution in [2.75, 3.05) is 27.9 Å². The molecule has 4 rings (SSSR count). The second-order valence-corrected chi connectivity index (χ2v) is 8.93. The Labute approximate surface area is 222 Å². The molecule has 0 saturated carbocycles. The summed E-state index contributed by atoms with van der Waals surface area (Å²) in [5, 5.41) is 10.2. The van der Waals surface area contributed by atoms with E-state index in [0.717, 1.165) is 28.2 Å². The monoisotopic (exact) mass is 510 g/mol. The zero-order chi connectivity index (χ0) is 27.1. The molecule has 0 aliphatic rings. The number of rotatable bonds is 10. The van der Waals surface area contributed by atoms with Crippen molar-refractivity contribution >= 4 is 12.1 Å². The van der Waals surface area contributed by atoms with Gasteiger partial charge in [0.1, 0.15) is 28.9 Å². The maximum absolute atomic E-state index is 10.2. The number of hydrogen-bond donors (Lipinski definition) is 0. The van der Waals surface area contributed by atoms with Crippen LogP contribution in [0.3, 0.4) is 0 Å². The third kappa shape index (κ3) is 5.81. The van der Waals surface area contributed by atoms with Gasteiger partial charge in [0, 0.05) is 17.3 Å². The molecule has 194 valence electrons. The number of nitriles is 1. The summed E-state index contributed by atoms with van der Waals surface area (Å²) in [6, 6.07) is 22.8. The molecule has 4 aromatic rings. The van der Waals surface area contributed by atoms with Gasteiger partial charge < -0.3 is 23.4 Å². The summed E-state index contributed by atoms with van der Waals surface area (Å²) in [5.74, 6) is 3.85. The molecule has 0 aliphatic carbocycles. The normalized spacial score (nSPS) is 11.0. The van der Waals surface area contributed by atoms with E-state index in [9.17, 15) is 5.26 Å². The Morgan fingerprint density at radius 3 is 2.03 bits per heavy atom. The van der Waals surface area contributed by atoms with Gasteiger partial charge in [0.15, 0.2) is 11.5 Å². The summed E-state index contributed by atoms with van der Waals surface area (Å²) in [6.07, 6.45) is 1.64. The van der Waals surface area contributed by atoms with Crippen LogP contribution in [0.5, 0.6) is 23.0 Å². The van der Waals surface area contributed by atoms with Crippen molar-refractivity contribution < 1.29 is 23.4 Å². The molecule has 0 N–H and O–H groups in total. The molecule has 7 heteroatoms. The lowest BCUT2D eigenvalue weighted by Crippen LogP contribution is -2.05. The van der Waals surface area contributed by atoms with Crippen LogP contribution in [0.4, 0.5) is 5.88 Å². The Morgan fingerprint density at radius 2 is 1.47 bits per heavy atom. The molecule has 1 heterocycles. The molecule has 0 unspecified atom stereocenters. The molecule has 0 spiro atoms. The molecule has 3 aromatic carbocycles. The van der Waals surface area contributed by atoms with Gasteiger partial charge in [-0.05, 0) is 71.6 Å². The first-order valence-electron chi connectivity index (χ1n) is 12.2. The fraction of sp³-hybridized carbons (Fsp3) is 0.226. The largest absolute Gasteiger partial charge is 0.497 e. The topological polar surface area (TPSA) is 86.2 Å². The molecular weight excluding hydrogens is 480 g/mol. The van der Waals surface area contributed by atoms with Crippen LogP contribution in [0.15, 0.2) is 76.1 Å². The first kappa shape index (κ1) is 26.4. The van der Waals surface area contributed by atoms with E-state index in [2.05, 4.69) is 24.9 Å². The fourth-order valence-electron chi connectivity index (χ4n) is 3.87. The number of aliphatic imine (C=N–C) groups is 1. The van der Waals surface area contributed by atoms with Crippen LogP contribution in [0.2, 0.25) is 0 Å². The Morgan fingerprint density at radius 1 is 0.842 bits per heavy atom. The van der Waals surface area contributed by atoms with E-state index in [1.165, 1.54) is 0 Å². The van der Waals surface area contributed by atoms with Crippen LogP contribution in [-0.4, -0.2) is 34.2 Å². The van der Waals surface area contributed by atoms with Crippen molar-refractivity contribution in [2.45, 2.75) is 13.8 Å². The van der Waals surface area contributed by atoms with E-state index >= 15 is 0 Å². The minimum absolute atomic E-state index is 0.211. The summed E-state index contributed by atoms with van der Waals surface area (Å²) in [4.78, 5) is 4.57. The van der Waals surface area contributed by atoms with Crippen molar-refractivity contribution in [1.82, 2.24) is 0 Å². The molecule has 0 bridgehead atoms. The molecule has 38 heavy (non-hydrogen) atoms. The maximum Gasteiger partial charge on any atom is 0.238 e. The number of benzene rings is 3. The molecule has 0 saturated heterocycles. The van der Waals surface area contributed by atoms with Crippen LogP contribution < -0.4 is 18.9 Å². The van der Waals surface area contributed by atoms with Gasteiger partial charge in [-0.15, -0.1) is 0 Å². The van der Waals surface area contributed by atoms with Crippen molar-refractivity contribution in [1.29, 1.82) is 5.26 Å². The van der Waals surface area contributed by atoms with Gasteiger partial charge >= 0.3 is 0 Å². The quantitative estimate of drug-likeness (QED) is 0.208. The maximum atomic E-state index is 10.2. The van der Waals surface area contributed by atoms with Crippen LogP contribution in [-0.2, 0) is 0 Å². The van der Waals surface area contributed by atoms with Gasteiger partial charge in [-0.2, -0.15) is 5.26 Å². The van der Waals surface area contributed by atoms with E-state index in [0.29, 0.717) is 40.9 Å². The number of nitrogens with zero attached hydrogens (tertiary/aromatic N) is 2. The smallest absolute Gasteiger partial charge is 0.238 e. The van der Waals surface area contributed by atoms with Crippen molar-refractivity contribution in [2.24, 2.45) is 10.9 Å². The second-order valence-electron chi connectivity index (χ2n) is 8.93. The molecule has 0 fully saturated rings. The Kier molecular flexibility index (Phi) is 8.34. The van der Waals surface area contributed by atoms with Crippen LogP contribution in [0, 0.1) is 17.2 Å². The van der Waals surface area contributed by atoms with Gasteiger partial charge in [0.25, 0.3) is 0 Å². The highest BCUT2D eigenvalue weighted by molar-refractivity contribution is 5.90. The summed E-state index contributed by atoms with van der Waals surface area (Å²) in [5.41, 5.74) is 3.37. The van der Waals surface area contributed by atoms with Crippen molar-refractivity contribution in [3.8, 4) is 51.5 Å². The van der Waals surface area contributed by atoms with Gasteiger partial charge in [-0.25, -0.2) is 4.99 Å². The molecule has 0 amide bonds. The summed E-state index contributed by atoms with van der Waals surface area (Å²) < 4.78 is 28.2. The zero-order valence-corrected chi connectivity index (χ0v) is 22.1. The Bertz CT molecular complexity index is 1450. The van der Waals surface area contributed by atoms with E-state index < -0.39 is 0 Å². The Balaban J connectivity index is 1.77. The van der Waals surface area contributed by atoms with Gasteiger partial charge in [0.05, 0.1) is 27.9 Å². The molecule has 1 aromatic heterocycles. The van der Waals surface area contributed by atoms with Gasteiger partial charge in [-0.1, -0.05) is 26.0 Å². The highest BCUT2D eigenvalue weighted by atomic mass is 16.5. The number of hydrogen-bond acceptors (Lipinski definition) is 7. The lowest BCUT2D eigenvalue weighted by atomic mass is 9.98. The molecular formula is C31H30N2O5. The molecule has 0 radical (unpaired) electrons. The third-order valence-electron chi connectivity index (χ3n) is 5.82. The van der Waals surface area contributed by atoms with E-state index in [1.807, 2.05) is 66.7 Å². The van der Waals surface area contributed by atoms with E-state index in [-0.39, 0.29) is 5.88 Å². The highest BCUT2D eigenvalue weighted by Gasteiger charge is 2.23. The van der Waals surface area contributed by atoms with E-state index in [4.69, 9.17) is 23.4 Å². The highest BCUT2D eigenvalue weighted by Crippen LogP contribution is 2.43. The minimum Gasteiger partial charge on any atom is -0.497 e. The lowest BCUT2D eigenvalue weighted by molar-refractivity contribution is 0.257. The van der Waals surface area contributed by atoms with Crippen molar-refractivity contribution in [3.05, 3.63) is 77.9 Å². The van der Waals surface area contributed by atoms with Crippen LogP contribution in [0.25, 0.3) is 22.5 Å². The van der Waals surface area contributed by atoms with Gasteiger partial charge in [0.2, 0.25) is 5.88 Å². The fourth-order valence-corrected chi connectivity index (χ4v) is 3.87. The molecule has 7 nitrogen and oxygen atoms in total. The average Bonchev–Trinajstić information content (AvgIpc) is 3.33. The SMILES string of the molecule is COc1ccc(-c2oc(N=Cc3ccc(OCC(C)C)c(OC)c3)c(C#N)c2-c2ccc(OC)cc2)cc1. The van der Waals surface area contributed by atoms with E-state index in [1.54, 1.807) is 27.5 Å². The molecule has 0 atom stereocenters. The lowest BCUT2D eigenvalue weighted by Gasteiger charge is -2.12. The molecule has 0 aliphatic heterocycles. The predicted molar refractivity (Wildman–Crippen MR) is 148 cm³/mol. The first-order chi connectivity index (χ1) is 18.5. The number of furan rings is 1. The first-order valence-corrected chi connectivity index (χ1v) is 12.2. The minimum atomic E-state index is 0.211. The summed E-state index contributed by atoms with van der Waals surface area (Å²) >= 11 is 0. The van der Waals surface area contributed by atoms with Crippen molar-refractivity contribution in [3.63, 3.8) is 0 Å². The summed E-state index contributed by atoms with van der Waals surface area (Å²) in [7, 11) is 4.82. The standard InChI is InChI=1S/C31H30N2O5/c1-20(2)19-37-27-15-6-21(16-28(27)36-5)18-33-31-26(17-32)29(22-7-11-24(34-3)12-8-22)30(38-31)23-9-13-25(35-4)14-10-23/h6-16,18,20H,19H2,1-5H3. The van der Waals surface area contributed by atoms with Crippen LogP contribution in [0.1, 0.15) is 25.0 Å². The third-order valence-corrected chi connectivity index (χ3v) is 5.82. The predicted octanol–water partition coefficient (Wildman–Crippen LogP) is 7.30. The average molecular weight is 511 g/mol. The van der Waals surface area contributed by atoms with Gasteiger partial charge in [-0.3, -0.25) is 0 Å². The summed E-state index contributed by atoms with van der Waals surface area (Å²) in [6.45, 7) is 4.76. The van der Waals surface area contributed by atoms with Crippen LogP contribution >= 0.6 is 0 Å². The second kappa shape index (κ2) is 12.0. The number of methoxy groups -OCH3 is 3. The Hall–Kier alpha value is -4.70. The number of ether oxygens (including phenoxy) is 4.